The Labute approximate surface area is 123 Å². The summed E-state index contributed by atoms with van der Waals surface area (Å²) in [4.78, 5) is 2.49. The molecule has 1 N–H and O–H groups in total. The molecule has 1 aromatic rings. The zero-order valence-electron chi connectivity index (χ0n) is 13.3. The van der Waals surface area contributed by atoms with Crippen LogP contribution in [0.3, 0.4) is 0 Å². The first kappa shape index (κ1) is 15.3. The third kappa shape index (κ3) is 3.97. The fraction of sp³-hybridized carbons (Fsp3) is 0.647. The molecule has 3 heteroatoms. The monoisotopic (exact) mass is 276 g/mol. The molecule has 1 aromatic carbocycles. The Morgan fingerprint density at radius 2 is 2.00 bits per heavy atom. The third-order valence-electron chi connectivity index (χ3n) is 4.09. The highest BCUT2D eigenvalue weighted by Crippen LogP contribution is 2.25. The summed E-state index contributed by atoms with van der Waals surface area (Å²) < 4.78 is 5.44. The molecule has 0 spiro atoms. The van der Waals surface area contributed by atoms with Crippen molar-refractivity contribution < 1.29 is 4.74 Å². The molecule has 1 saturated heterocycles. The molecule has 0 aromatic heterocycles. The van der Waals surface area contributed by atoms with Gasteiger partial charge in [-0.3, -0.25) is 0 Å². The number of aryl methyl sites for hydroxylation is 1. The van der Waals surface area contributed by atoms with E-state index in [1.165, 1.54) is 16.8 Å². The Balaban J connectivity index is 1.99. The molecule has 1 aliphatic rings. The SMILES string of the molecule is COC1CCN(c2ccc(CNC(C)C)cc2C)CC1. The van der Waals surface area contributed by atoms with Crippen LogP contribution in [0, 0.1) is 6.92 Å². The van der Waals surface area contributed by atoms with E-state index in [1.54, 1.807) is 0 Å². The van der Waals surface area contributed by atoms with Crippen molar-refractivity contribution in [3.8, 4) is 0 Å². The summed E-state index contributed by atoms with van der Waals surface area (Å²) >= 11 is 0. The molecular formula is C17H28N2O. The van der Waals surface area contributed by atoms with Gasteiger partial charge in [0.05, 0.1) is 6.10 Å². The molecule has 1 heterocycles. The molecule has 0 atom stereocenters. The minimum atomic E-state index is 0.445. The lowest BCUT2D eigenvalue weighted by Gasteiger charge is -2.34. The number of methoxy groups -OCH3 is 1. The molecule has 0 saturated carbocycles. The molecular weight excluding hydrogens is 248 g/mol. The van der Waals surface area contributed by atoms with Gasteiger partial charge in [-0.15, -0.1) is 0 Å². The summed E-state index contributed by atoms with van der Waals surface area (Å²) in [5.41, 5.74) is 4.13. The van der Waals surface area contributed by atoms with Crippen molar-refractivity contribution in [2.45, 2.75) is 52.3 Å². The Kier molecular flexibility index (Phi) is 5.44. The number of hydrogen-bond donors (Lipinski definition) is 1. The van der Waals surface area contributed by atoms with E-state index >= 15 is 0 Å². The second-order valence-electron chi connectivity index (χ2n) is 6.08. The van der Waals surface area contributed by atoms with Crippen LogP contribution in [0.5, 0.6) is 0 Å². The highest BCUT2D eigenvalue weighted by Gasteiger charge is 2.19. The molecule has 0 unspecified atom stereocenters. The highest BCUT2D eigenvalue weighted by molar-refractivity contribution is 5.54. The van der Waals surface area contributed by atoms with Crippen molar-refractivity contribution in [1.82, 2.24) is 5.32 Å². The summed E-state index contributed by atoms with van der Waals surface area (Å²) in [7, 11) is 1.82. The maximum Gasteiger partial charge on any atom is 0.0605 e. The number of benzene rings is 1. The fourth-order valence-corrected chi connectivity index (χ4v) is 2.84. The van der Waals surface area contributed by atoms with Crippen molar-refractivity contribution in [2.24, 2.45) is 0 Å². The average Bonchev–Trinajstić information content (AvgIpc) is 2.45. The summed E-state index contributed by atoms with van der Waals surface area (Å²) in [5.74, 6) is 0. The second-order valence-corrected chi connectivity index (χ2v) is 6.08. The zero-order chi connectivity index (χ0) is 14.5. The Morgan fingerprint density at radius 3 is 2.55 bits per heavy atom. The van der Waals surface area contributed by atoms with Crippen LogP contribution in [0.4, 0.5) is 5.69 Å². The summed E-state index contributed by atoms with van der Waals surface area (Å²) in [6.45, 7) is 9.73. The molecule has 3 nitrogen and oxygen atoms in total. The first-order valence-corrected chi connectivity index (χ1v) is 7.71. The zero-order valence-corrected chi connectivity index (χ0v) is 13.3. The van der Waals surface area contributed by atoms with Gasteiger partial charge in [0, 0.05) is 38.5 Å². The van der Waals surface area contributed by atoms with Crippen LogP contribution in [-0.2, 0) is 11.3 Å². The van der Waals surface area contributed by atoms with Gasteiger partial charge in [-0.25, -0.2) is 0 Å². The van der Waals surface area contributed by atoms with Gasteiger partial charge in [-0.05, 0) is 37.0 Å². The minimum absolute atomic E-state index is 0.445. The highest BCUT2D eigenvalue weighted by atomic mass is 16.5. The van der Waals surface area contributed by atoms with Crippen LogP contribution in [0.25, 0.3) is 0 Å². The molecule has 0 radical (unpaired) electrons. The van der Waals surface area contributed by atoms with Crippen molar-refractivity contribution in [2.75, 3.05) is 25.1 Å². The van der Waals surface area contributed by atoms with Crippen molar-refractivity contribution in [3.63, 3.8) is 0 Å². The molecule has 20 heavy (non-hydrogen) atoms. The molecule has 1 aliphatic heterocycles. The Hall–Kier alpha value is -1.06. The van der Waals surface area contributed by atoms with E-state index in [0.717, 1.165) is 32.5 Å². The quantitative estimate of drug-likeness (QED) is 0.894. The lowest BCUT2D eigenvalue weighted by atomic mass is 10.0. The Bertz CT molecular complexity index is 423. The maximum absolute atomic E-state index is 5.44. The lowest BCUT2D eigenvalue weighted by Crippen LogP contribution is -2.37. The van der Waals surface area contributed by atoms with Crippen LogP contribution < -0.4 is 10.2 Å². The molecule has 1 fully saturated rings. The van der Waals surface area contributed by atoms with E-state index in [1.807, 2.05) is 7.11 Å². The van der Waals surface area contributed by atoms with E-state index in [9.17, 15) is 0 Å². The number of anilines is 1. The lowest BCUT2D eigenvalue weighted by molar-refractivity contribution is 0.0819. The Morgan fingerprint density at radius 1 is 1.30 bits per heavy atom. The fourth-order valence-electron chi connectivity index (χ4n) is 2.84. The van der Waals surface area contributed by atoms with E-state index in [-0.39, 0.29) is 0 Å². The van der Waals surface area contributed by atoms with Crippen LogP contribution in [0.1, 0.15) is 37.8 Å². The van der Waals surface area contributed by atoms with Gasteiger partial charge in [0.1, 0.15) is 0 Å². The molecule has 112 valence electrons. The van der Waals surface area contributed by atoms with Crippen LogP contribution in [0.2, 0.25) is 0 Å². The third-order valence-corrected chi connectivity index (χ3v) is 4.09. The van der Waals surface area contributed by atoms with Crippen LogP contribution >= 0.6 is 0 Å². The normalized spacial score (nSPS) is 16.9. The summed E-state index contributed by atoms with van der Waals surface area (Å²) in [5, 5.41) is 3.47. The maximum atomic E-state index is 5.44. The van der Waals surface area contributed by atoms with E-state index in [2.05, 4.69) is 49.2 Å². The largest absolute Gasteiger partial charge is 0.381 e. The molecule has 0 bridgehead atoms. The van der Waals surface area contributed by atoms with E-state index in [4.69, 9.17) is 4.74 Å². The minimum Gasteiger partial charge on any atom is -0.381 e. The van der Waals surface area contributed by atoms with Crippen molar-refractivity contribution in [3.05, 3.63) is 29.3 Å². The van der Waals surface area contributed by atoms with Gasteiger partial charge < -0.3 is 15.0 Å². The topological polar surface area (TPSA) is 24.5 Å². The average molecular weight is 276 g/mol. The number of ether oxygens (including phenoxy) is 1. The standard InChI is InChI=1S/C17H28N2O/c1-13(2)18-12-15-5-6-17(14(3)11-15)19-9-7-16(20-4)8-10-19/h5-6,11,13,16,18H,7-10,12H2,1-4H3. The van der Waals surface area contributed by atoms with Crippen molar-refractivity contribution >= 4 is 5.69 Å². The number of rotatable bonds is 5. The van der Waals surface area contributed by atoms with Crippen LogP contribution in [0.15, 0.2) is 18.2 Å². The van der Waals surface area contributed by atoms with Gasteiger partial charge >= 0.3 is 0 Å². The first-order valence-electron chi connectivity index (χ1n) is 7.71. The van der Waals surface area contributed by atoms with Gasteiger partial charge in [0.15, 0.2) is 0 Å². The van der Waals surface area contributed by atoms with Crippen molar-refractivity contribution in [1.29, 1.82) is 0 Å². The number of nitrogens with zero attached hydrogens (tertiary/aromatic N) is 1. The van der Waals surface area contributed by atoms with E-state index in [0.29, 0.717) is 12.1 Å². The number of piperidine rings is 1. The number of hydrogen-bond acceptors (Lipinski definition) is 3. The summed E-state index contributed by atoms with van der Waals surface area (Å²) in [6, 6.07) is 7.37. The molecule has 0 aliphatic carbocycles. The van der Waals surface area contributed by atoms with Gasteiger partial charge in [0.25, 0.3) is 0 Å². The van der Waals surface area contributed by atoms with Gasteiger partial charge in [-0.2, -0.15) is 0 Å². The van der Waals surface area contributed by atoms with Crippen LogP contribution in [-0.4, -0.2) is 32.3 Å². The van der Waals surface area contributed by atoms with Gasteiger partial charge in [0.2, 0.25) is 0 Å². The predicted molar refractivity (Wildman–Crippen MR) is 85.4 cm³/mol. The van der Waals surface area contributed by atoms with E-state index < -0.39 is 0 Å². The summed E-state index contributed by atoms with van der Waals surface area (Å²) in [6.07, 6.45) is 2.71. The second kappa shape index (κ2) is 7.09. The predicted octanol–water partition coefficient (Wildman–Crippen LogP) is 3.11. The number of nitrogens with one attached hydrogen (secondary N) is 1. The smallest absolute Gasteiger partial charge is 0.0605 e. The molecule has 2 rings (SSSR count). The first-order chi connectivity index (χ1) is 9.60. The molecule has 0 amide bonds. The van der Waals surface area contributed by atoms with Gasteiger partial charge in [-0.1, -0.05) is 26.0 Å².